The lowest BCUT2D eigenvalue weighted by molar-refractivity contribution is 0.264. The summed E-state index contributed by atoms with van der Waals surface area (Å²) >= 11 is 6.51. The Morgan fingerprint density at radius 1 is 0.970 bits per heavy atom. The van der Waals surface area contributed by atoms with Crippen molar-refractivity contribution in [2.24, 2.45) is 5.92 Å². The third-order valence-corrected chi connectivity index (χ3v) is 8.68. The van der Waals surface area contributed by atoms with Gasteiger partial charge in [0.1, 0.15) is 11.9 Å². The summed E-state index contributed by atoms with van der Waals surface area (Å²) in [7, 11) is 0. The molecular weight excluding hydrogens is 424 g/mol. The zero-order chi connectivity index (χ0) is 22.0. The van der Waals surface area contributed by atoms with E-state index < -0.39 is 0 Å². The Hall–Kier alpha value is -2.77. The number of allylic oxidation sites excluding steroid dienone is 8. The number of para-hydroxylation sites is 1. The molecule has 1 heterocycles. The van der Waals surface area contributed by atoms with E-state index in [9.17, 15) is 0 Å². The second kappa shape index (κ2) is 7.37. The van der Waals surface area contributed by atoms with E-state index in [4.69, 9.17) is 16.3 Å². The maximum atomic E-state index is 6.51. The number of hydrogen-bond donors (Lipinski definition) is 0. The first kappa shape index (κ1) is 19.7. The molecule has 4 atom stereocenters. The zero-order valence-electron chi connectivity index (χ0n) is 18.6. The summed E-state index contributed by atoms with van der Waals surface area (Å²) in [6.07, 6.45) is 20.5. The third kappa shape index (κ3) is 2.66. The maximum absolute atomic E-state index is 6.51. The molecule has 33 heavy (non-hydrogen) atoms. The fourth-order valence-corrected chi connectivity index (χ4v) is 7.34. The predicted octanol–water partition coefficient (Wildman–Crippen LogP) is 8.01. The quantitative estimate of drug-likeness (QED) is 0.450. The molecule has 7 rings (SSSR count). The average Bonchev–Trinajstić information content (AvgIpc) is 3.39. The predicted molar refractivity (Wildman–Crippen MR) is 135 cm³/mol. The summed E-state index contributed by atoms with van der Waals surface area (Å²) in [6, 6.07) is 17.3. The Morgan fingerprint density at radius 3 is 2.79 bits per heavy atom. The maximum Gasteiger partial charge on any atom is 0.142 e. The van der Waals surface area contributed by atoms with Crippen LogP contribution in [-0.4, -0.2) is 6.10 Å². The van der Waals surface area contributed by atoms with Crippen LogP contribution < -0.4 is 4.74 Å². The van der Waals surface area contributed by atoms with Crippen LogP contribution in [0.3, 0.4) is 0 Å². The Balaban J connectivity index is 1.44. The molecule has 2 aromatic carbocycles. The molecule has 1 nitrogen and oxygen atoms in total. The van der Waals surface area contributed by atoms with Crippen molar-refractivity contribution < 1.29 is 4.74 Å². The molecule has 2 aromatic rings. The molecule has 0 amide bonds. The normalized spacial score (nSPS) is 31.2. The molecule has 4 aliphatic carbocycles. The highest BCUT2D eigenvalue weighted by molar-refractivity contribution is 6.32. The fraction of sp³-hybridized carbons (Fsp3) is 0.290. The molecule has 0 bridgehead atoms. The number of benzene rings is 2. The van der Waals surface area contributed by atoms with Gasteiger partial charge in [-0.1, -0.05) is 84.4 Å². The van der Waals surface area contributed by atoms with Gasteiger partial charge in [-0.15, -0.1) is 0 Å². The van der Waals surface area contributed by atoms with Crippen molar-refractivity contribution in [3.63, 3.8) is 0 Å². The van der Waals surface area contributed by atoms with Crippen molar-refractivity contribution in [3.05, 3.63) is 123 Å². The number of fused-ring (bicyclic) bond motifs is 5. The van der Waals surface area contributed by atoms with E-state index in [0.717, 1.165) is 18.6 Å². The van der Waals surface area contributed by atoms with Crippen molar-refractivity contribution in [3.8, 4) is 5.75 Å². The van der Waals surface area contributed by atoms with Gasteiger partial charge in [0, 0.05) is 17.4 Å². The summed E-state index contributed by atoms with van der Waals surface area (Å²) < 4.78 is 6.48. The second-order valence-corrected chi connectivity index (χ2v) is 10.3. The van der Waals surface area contributed by atoms with E-state index in [0.29, 0.717) is 10.9 Å². The molecule has 0 radical (unpaired) electrons. The minimum Gasteiger partial charge on any atom is -0.483 e. The summed E-state index contributed by atoms with van der Waals surface area (Å²) in [5.74, 6) is 1.57. The van der Waals surface area contributed by atoms with Crippen LogP contribution in [0.25, 0.3) is 0 Å². The van der Waals surface area contributed by atoms with Crippen LogP contribution >= 0.6 is 11.6 Å². The van der Waals surface area contributed by atoms with Crippen LogP contribution in [-0.2, 0) is 5.41 Å². The molecule has 5 aliphatic rings. The van der Waals surface area contributed by atoms with Crippen LogP contribution in [0.1, 0.15) is 49.1 Å². The smallest absolute Gasteiger partial charge is 0.142 e. The SMILES string of the molecule is Clc1cccc2c1OC1C=C(C3(c4ccccc4)C4=C(CCC=C4)C4=CCCCC43)C=CC21. The number of ether oxygens (including phenoxy) is 1. The molecule has 0 fully saturated rings. The number of rotatable bonds is 2. The van der Waals surface area contributed by atoms with Crippen LogP contribution in [0.4, 0.5) is 0 Å². The lowest BCUT2D eigenvalue weighted by Gasteiger charge is -2.42. The molecule has 0 aromatic heterocycles. The van der Waals surface area contributed by atoms with Crippen molar-refractivity contribution in [2.75, 3.05) is 0 Å². The Labute approximate surface area is 200 Å². The van der Waals surface area contributed by atoms with E-state index in [-0.39, 0.29) is 17.4 Å². The molecule has 0 spiro atoms. The van der Waals surface area contributed by atoms with E-state index >= 15 is 0 Å². The van der Waals surface area contributed by atoms with E-state index in [1.807, 2.05) is 12.1 Å². The van der Waals surface area contributed by atoms with Crippen LogP contribution in [0.15, 0.2) is 107 Å². The molecular formula is C31H27ClO. The van der Waals surface area contributed by atoms with Crippen molar-refractivity contribution >= 4 is 11.6 Å². The minimum absolute atomic E-state index is 0.00581. The Morgan fingerprint density at radius 2 is 1.88 bits per heavy atom. The average molecular weight is 451 g/mol. The molecule has 164 valence electrons. The van der Waals surface area contributed by atoms with Gasteiger partial charge >= 0.3 is 0 Å². The summed E-state index contributed by atoms with van der Waals surface area (Å²) in [5, 5.41) is 0.710. The van der Waals surface area contributed by atoms with Crippen LogP contribution in [0.5, 0.6) is 5.75 Å². The topological polar surface area (TPSA) is 9.23 Å². The molecule has 4 unspecified atom stereocenters. The zero-order valence-corrected chi connectivity index (χ0v) is 19.4. The van der Waals surface area contributed by atoms with Gasteiger partial charge in [-0.05, 0) is 72.1 Å². The van der Waals surface area contributed by atoms with E-state index in [1.54, 1.807) is 11.1 Å². The van der Waals surface area contributed by atoms with Gasteiger partial charge in [0.15, 0.2) is 0 Å². The van der Waals surface area contributed by atoms with E-state index in [1.165, 1.54) is 41.5 Å². The number of halogens is 1. The lowest BCUT2D eigenvalue weighted by atomic mass is 9.60. The molecule has 1 aliphatic heterocycles. The van der Waals surface area contributed by atoms with Gasteiger partial charge in [-0.25, -0.2) is 0 Å². The van der Waals surface area contributed by atoms with Crippen molar-refractivity contribution in [2.45, 2.75) is 49.5 Å². The van der Waals surface area contributed by atoms with Gasteiger partial charge < -0.3 is 4.74 Å². The van der Waals surface area contributed by atoms with Crippen molar-refractivity contribution in [1.29, 1.82) is 0 Å². The Bertz CT molecular complexity index is 1290. The highest BCUT2D eigenvalue weighted by Crippen LogP contribution is 2.62. The molecule has 2 heteroatoms. The standard InChI is InChI=1S/C31H27ClO/c32-28-16-8-13-25-24-18-17-21(19-29(24)33-30(25)28)31(20-9-2-1-3-10-20)26-14-6-4-11-22(26)23-12-5-7-15-27(23)31/h1-3,6,8-10,12-14,16-19,24,27,29H,4-5,7,11,15H2. The van der Waals surface area contributed by atoms with Gasteiger partial charge in [-0.2, -0.15) is 0 Å². The van der Waals surface area contributed by atoms with Crippen LogP contribution in [0.2, 0.25) is 5.02 Å². The molecule has 0 N–H and O–H groups in total. The van der Waals surface area contributed by atoms with Crippen LogP contribution in [0, 0.1) is 5.92 Å². The molecule has 0 saturated heterocycles. The summed E-state index contributed by atoms with van der Waals surface area (Å²) in [4.78, 5) is 0. The first-order valence-corrected chi connectivity index (χ1v) is 12.7. The minimum atomic E-state index is -0.150. The van der Waals surface area contributed by atoms with Gasteiger partial charge in [0.2, 0.25) is 0 Å². The first-order chi connectivity index (χ1) is 16.3. The Kier molecular flexibility index (Phi) is 4.39. The highest BCUT2D eigenvalue weighted by Gasteiger charge is 2.54. The van der Waals surface area contributed by atoms with Gasteiger partial charge in [0.05, 0.1) is 10.4 Å². The second-order valence-electron chi connectivity index (χ2n) is 9.90. The summed E-state index contributed by atoms with van der Waals surface area (Å²) in [5.41, 5.74) is 8.57. The highest BCUT2D eigenvalue weighted by atomic mass is 35.5. The van der Waals surface area contributed by atoms with Crippen molar-refractivity contribution in [1.82, 2.24) is 0 Å². The first-order valence-electron chi connectivity index (χ1n) is 12.3. The monoisotopic (exact) mass is 450 g/mol. The number of hydrogen-bond acceptors (Lipinski definition) is 1. The largest absolute Gasteiger partial charge is 0.483 e. The van der Waals surface area contributed by atoms with Gasteiger partial charge in [0.25, 0.3) is 0 Å². The molecule has 0 saturated carbocycles. The van der Waals surface area contributed by atoms with E-state index in [2.05, 4.69) is 72.9 Å². The third-order valence-electron chi connectivity index (χ3n) is 8.38. The summed E-state index contributed by atoms with van der Waals surface area (Å²) in [6.45, 7) is 0. The van der Waals surface area contributed by atoms with Gasteiger partial charge in [-0.3, -0.25) is 0 Å². The fourth-order valence-electron chi connectivity index (χ4n) is 7.12. The lowest BCUT2D eigenvalue weighted by Crippen LogP contribution is -2.38.